The van der Waals surface area contributed by atoms with Gasteiger partial charge in [0.25, 0.3) is 5.91 Å². The van der Waals surface area contributed by atoms with Crippen molar-refractivity contribution in [2.45, 2.75) is 12.8 Å². The summed E-state index contributed by atoms with van der Waals surface area (Å²) in [5, 5.41) is 8.69. The molecule has 0 saturated heterocycles. The molecule has 4 aromatic rings. The minimum absolute atomic E-state index is 0.0438. The molecule has 1 aromatic heterocycles. The van der Waals surface area contributed by atoms with E-state index in [1.807, 2.05) is 0 Å². The van der Waals surface area contributed by atoms with Crippen LogP contribution >= 0.6 is 0 Å². The Hall–Kier alpha value is -5.39. The number of primary amides is 1. The highest BCUT2D eigenvalue weighted by atomic mass is 16.2. The summed E-state index contributed by atoms with van der Waals surface area (Å²) in [4.78, 5) is 66.1. The topological polar surface area (TPSA) is 203 Å². The van der Waals surface area contributed by atoms with Crippen LogP contribution in [0.3, 0.4) is 0 Å². The van der Waals surface area contributed by atoms with Crippen molar-refractivity contribution in [3.63, 3.8) is 0 Å². The Bertz CT molecular complexity index is 1620. The second-order valence-electron chi connectivity index (χ2n) is 8.16. The maximum Gasteiger partial charge on any atom is 0.323 e. The molecule has 7 N–H and O–H groups in total. The quantitative estimate of drug-likeness (QED) is 0.159. The molecular formula is C25H21N7O5. The number of amides is 3. The van der Waals surface area contributed by atoms with E-state index >= 15 is 0 Å². The van der Waals surface area contributed by atoms with Gasteiger partial charge in [0.15, 0.2) is 0 Å². The maximum atomic E-state index is 13.0. The van der Waals surface area contributed by atoms with Crippen molar-refractivity contribution in [2.75, 3.05) is 10.6 Å². The van der Waals surface area contributed by atoms with Gasteiger partial charge in [-0.25, -0.2) is 10.3 Å². The van der Waals surface area contributed by atoms with Gasteiger partial charge in [-0.15, -0.1) is 0 Å². The molecule has 0 aliphatic rings. The standard InChI is InChI=1S/C25H21N7O5/c1-12(33)21(24(36)29-16-7-9-18-20(11-16)31-25(37)30-18)14-4-8-17(19(10-14)32-27)23(35)28-15-5-2-13(3-6-15)22(26)34/h2-11,21,27H,1H3,(H2,26,34)(H,28,35)(H,29,36)(H2,30,31,37). The summed E-state index contributed by atoms with van der Waals surface area (Å²) in [5.41, 5.74) is 14.7. The highest BCUT2D eigenvalue weighted by Gasteiger charge is 2.27. The van der Waals surface area contributed by atoms with Gasteiger partial charge in [0, 0.05) is 16.9 Å². The number of aromatic amines is 2. The van der Waals surface area contributed by atoms with Gasteiger partial charge in [-0.05, 0) is 67.1 Å². The van der Waals surface area contributed by atoms with E-state index in [0.29, 0.717) is 22.4 Å². The van der Waals surface area contributed by atoms with Gasteiger partial charge < -0.3 is 26.3 Å². The van der Waals surface area contributed by atoms with Crippen molar-refractivity contribution in [3.05, 3.63) is 87.8 Å². The summed E-state index contributed by atoms with van der Waals surface area (Å²) in [6.45, 7) is 1.25. The molecule has 186 valence electrons. The fraction of sp³-hybridized carbons (Fsp3) is 0.0800. The minimum Gasteiger partial charge on any atom is -0.366 e. The Labute approximate surface area is 208 Å². The van der Waals surface area contributed by atoms with Gasteiger partial charge in [0.2, 0.25) is 11.8 Å². The number of Topliss-reactive ketones (excluding diaryl/α,β-unsaturated/α-hetero) is 1. The van der Waals surface area contributed by atoms with E-state index < -0.39 is 35.1 Å². The molecule has 4 rings (SSSR count). The molecule has 1 atom stereocenters. The summed E-state index contributed by atoms with van der Waals surface area (Å²) in [7, 11) is 0. The van der Waals surface area contributed by atoms with Gasteiger partial charge in [-0.3, -0.25) is 19.2 Å². The predicted octanol–water partition coefficient (Wildman–Crippen LogP) is 3.18. The van der Waals surface area contributed by atoms with Crippen LogP contribution in [0.5, 0.6) is 0 Å². The molecule has 0 saturated carbocycles. The number of hydrogen-bond acceptors (Lipinski definition) is 7. The van der Waals surface area contributed by atoms with E-state index in [9.17, 15) is 24.0 Å². The molecule has 3 amide bonds. The van der Waals surface area contributed by atoms with Crippen LogP contribution in [-0.4, -0.2) is 33.5 Å². The predicted molar refractivity (Wildman–Crippen MR) is 135 cm³/mol. The van der Waals surface area contributed by atoms with Crippen molar-refractivity contribution in [1.29, 1.82) is 5.53 Å². The SMILES string of the molecule is CC(=O)C(C(=O)Nc1ccc2[nH]c(=O)[nH]c2c1)c1ccc(C(=O)Nc2ccc(C(N)=O)cc2)c(N=N)c1. The molecule has 3 aromatic carbocycles. The van der Waals surface area contributed by atoms with E-state index in [1.54, 1.807) is 18.2 Å². The zero-order chi connectivity index (χ0) is 26.7. The second kappa shape index (κ2) is 10.1. The Morgan fingerprint density at radius 3 is 2.22 bits per heavy atom. The van der Waals surface area contributed by atoms with Crippen molar-refractivity contribution in [1.82, 2.24) is 9.97 Å². The number of hydrogen-bond donors (Lipinski definition) is 6. The molecule has 0 spiro atoms. The van der Waals surface area contributed by atoms with Crippen LogP contribution in [0.4, 0.5) is 17.1 Å². The highest BCUT2D eigenvalue weighted by Crippen LogP contribution is 2.28. The zero-order valence-corrected chi connectivity index (χ0v) is 19.4. The van der Waals surface area contributed by atoms with Gasteiger partial charge >= 0.3 is 5.69 Å². The third-order valence-corrected chi connectivity index (χ3v) is 5.60. The van der Waals surface area contributed by atoms with E-state index in [0.717, 1.165) is 0 Å². The lowest BCUT2D eigenvalue weighted by Crippen LogP contribution is -2.26. The van der Waals surface area contributed by atoms with E-state index in [4.69, 9.17) is 11.3 Å². The molecule has 0 fully saturated rings. The fourth-order valence-electron chi connectivity index (χ4n) is 3.82. The number of H-pyrrole nitrogens is 2. The number of nitrogens with zero attached hydrogens (tertiary/aromatic N) is 1. The Morgan fingerprint density at radius 1 is 0.892 bits per heavy atom. The van der Waals surface area contributed by atoms with Gasteiger partial charge in [0.1, 0.15) is 11.7 Å². The van der Waals surface area contributed by atoms with Crippen LogP contribution in [0.2, 0.25) is 0 Å². The summed E-state index contributed by atoms with van der Waals surface area (Å²) < 4.78 is 0. The number of benzene rings is 3. The van der Waals surface area contributed by atoms with Gasteiger partial charge in [0.05, 0.1) is 22.3 Å². The first-order valence-corrected chi connectivity index (χ1v) is 10.9. The van der Waals surface area contributed by atoms with Crippen molar-refractivity contribution in [2.24, 2.45) is 10.8 Å². The van der Waals surface area contributed by atoms with Crippen LogP contribution in [0, 0.1) is 5.53 Å². The molecular weight excluding hydrogens is 478 g/mol. The van der Waals surface area contributed by atoms with E-state index in [1.165, 1.54) is 49.4 Å². The average molecular weight is 499 g/mol. The summed E-state index contributed by atoms with van der Waals surface area (Å²) >= 11 is 0. The number of anilines is 2. The molecule has 0 bridgehead atoms. The minimum atomic E-state index is -1.24. The van der Waals surface area contributed by atoms with Gasteiger partial charge in [-0.1, -0.05) is 6.07 Å². The third-order valence-electron chi connectivity index (χ3n) is 5.60. The molecule has 0 aliphatic carbocycles. The summed E-state index contributed by atoms with van der Waals surface area (Å²) in [5.74, 6) is -3.52. The maximum absolute atomic E-state index is 13.0. The van der Waals surface area contributed by atoms with E-state index in [2.05, 4.69) is 25.7 Å². The van der Waals surface area contributed by atoms with E-state index in [-0.39, 0.29) is 22.4 Å². The molecule has 37 heavy (non-hydrogen) atoms. The summed E-state index contributed by atoms with van der Waals surface area (Å²) in [6, 6.07) is 14.8. The third kappa shape index (κ3) is 5.32. The number of nitrogens with two attached hydrogens (primary N) is 1. The Balaban J connectivity index is 1.56. The van der Waals surface area contributed by atoms with Crippen LogP contribution in [0.25, 0.3) is 11.0 Å². The summed E-state index contributed by atoms with van der Waals surface area (Å²) in [6.07, 6.45) is 0. The monoisotopic (exact) mass is 499 g/mol. The lowest BCUT2D eigenvalue weighted by atomic mass is 9.92. The Kier molecular flexibility index (Phi) is 6.73. The van der Waals surface area contributed by atoms with Crippen molar-refractivity contribution < 1.29 is 19.2 Å². The molecule has 12 nitrogen and oxygen atoms in total. The average Bonchev–Trinajstić information content (AvgIpc) is 3.23. The first-order valence-electron chi connectivity index (χ1n) is 10.9. The van der Waals surface area contributed by atoms with Crippen molar-refractivity contribution in [3.8, 4) is 0 Å². The molecule has 0 aliphatic heterocycles. The number of carbonyl (C=O) groups is 4. The molecule has 1 heterocycles. The lowest BCUT2D eigenvalue weighted by molar-refractivity contribution is -0.126. The number of carbonyl (C=O) groups excluding carboxylic acids is 4. The second-order valence-corrected chi connectivity index (χ2v) is 8.16. The smallest absolute Gasteiger partial charge is 0.323 e. The fourth-order valence-corrected chi connectivity index (χ4v) is 3.82. The molecule has 12 heteroatoms. The van der Waals surface area contributed by atoms with Crippen LogP contribution in [0.15, 0.2) is 70.6 Å². The molecule has 1 unspecified atom stereocenters. The number of nitrogens with one attached hydrogen (secondary N) is 5. The zero-order valence-electron chi connectivity index (χ0n) is 19.4. The number of ketones is 1. The number of rotatable bonds is 8. The first kappa shape index (κ1) is 24.7. The van der Waals surface area contributed by atoms with Crippen molar-refractivity contribution >= 4 is 51.6 Å². The number of fused-ring (bicyclic) bond motifs is 1. The van der Waals surface area contributed by atoms with Crippen LogP contribution in [0.1, 0.15) is 39.1 Å². The Morgan fingerprint density at radius 2 is 1.57 bits per heavy atom. The number of imidazole rings is 1. The molecule has 0 radical (unpaired) electrons. The first-order chi connectivity index (χ1) is 17.7. The largest absolute Gasteiger partial charge is 0.366 e. The van der Waals surface area contributed by atoms with Gasteiger partial charge in [-0.2, -0.15) is 5.11 Å². The van der Waals surface area contributed by atoms with Crippen LogP contribution in [-0.2, 0) is 9.59 Å². The van der Waals surface area contributed by atoms with Crippen LogP contribution < -0.4 is 22.1 Å². The lowest BCUT2D eigenvalue weighted by Gasteiger charge is -2.16. The highest BCUT2D eigenvalue weighted by molar-refractivity contribution is 6.12. The number of aromatic nitrogens is 2. The normalized spacial score (nSPS) is 11.5.